The van der Waals surface area contributed by atoms with Crippen LogP contribution in [0.1, 0.15) is 58.8 Å². The fourth-order valence-electron chi connectivity index (χ4n) is 2.51. The first-order valence-corrected chi connectivity index (χ1v) is 9.19. The molecule has 1 N–H and O–H groups in total. The molecule has 0 unspecified atom stereocenters. The van der Waals surface area contributed by atoms with Gasteiger partial charge in [-0.15, -0.1) is 0 Å². The molecule has 0 aromatic heterocycles. The molecule has 3 nitrogen and oxygen atoms in total. The Kier molecular flexibility index (Phi) is 10.9. The van der Waals surface area contributed by atoms with Crippen LogP contribution in [0, 0.1) is 5.92 Å². The van der Waals surface area contributed by atoms with Crippen LogP contribution in [-0.2, 0) is 9.53 Å². The molecule has 1 aliphatic heterocycles. The highest BCUT2D eigenvalue weighted by Crippen LogP contribution is 2.28. The van der Waals surface area contributed by atoms with Crippen LogP contribution in [0.25, 0.3) is 0 Å². The number of rotatable bonds is 13. The lowest BCUT2D eigenvalue weighted by atomic mass is 10.0. The molecule has 24 heavy (non-hydrogen) atoms. The minimum absolute atomic E-state index is 0.163. The van der Waals surface area contributed by atoms with Crippen LogP contribution in [0.15, 0.2) is 48.6 Å². The second kappa shape index (κ2) is 12.8. The Morgan fingerprint density at radius 2 is 1.79 bits per heavy atom. The number of aliphatic carboxylic acids is 1. The first kappa shape index (κ1) is 20.4. The lowest BCUT2D eigenvalue weighted by Crippen LogP contribution is -1.97. The maximum Gasteiger partial charge on any atom is 0.303 e. The largest absolute Gasteiger partial charge is 0.481 e. The van der Waals surface area contributed by atoms with E-state index in [4.69, 9.17) is 9.84 Å². The van der Waals surface area contributed by atoms with E-state index in [-0.39, 0.29) is 18.6 Å². The maximum atomic E-state index is 10.4. The zero-order chi connectivity index (χ0) is 17.6. The molecule has 0 radical (unpaired) electrons. The van der Waals surface area contributed by atoms with Gasteiger partial charge in [0, 0.05) is 6.42 Å². The number of carboxylic acids is 1. The van der Waals surface area contributed by atoms with Crippen LogP contribution < -0.4 is 0 Å². The van der Waals surface area contributed by atoms with E-state index in [9.17, 15) is 4.79 Å². The van der Waals surface area contributed by atoms with Crippen LogP contribution in [-0.4, -0.2) is 23.3 Å². The molecule has 0 saturated carbocycles. The quantitative estimate of drug-likeness (QED) is 0.277. The first-order chi connectivity index (χ1) is 11.6. The lowest BCUT2D eigenvalue weighted by Gasteiger charge is -2.03. The van der Waals surface area contributed by atoms with Gasteiger partial charge < -0.3 is 9.84 Å². The number of epoxide rings is 1. The molecule has 3 heteroatoms. The van der Waals surface area contributed by atoms with Gasteiger partial charge in [-0.2, -0.15) is 0 Å². The van der Waals surface area contributed by atoms with Crippen molar-refractivity contribution in [2.24, 2.45) is 5.92 Å². The molecule has 1 saturated heterocycles. The van der Waals surface area contributed by atoms with Gasteiger partial charge in [-0.05, 0) is 25.2 Å². The predicted octanol–water partition coefficient (Wildman–Crippen LogP) is 5.45. The number of ether oxygens (including phenoxy) is 1. The summed E-state index contributed by atoms with van der Waals surface area (Å²) in [4.78, 5) is 10.4. The van der Waals surface area contributed by atoms with Crippen molar-refractivity contribution < 1.29 is 14.6 Å². The second-order valence-corrected chi connectivity index (χ2v) is 6.44. The molecule has 0 aromatic carbocycles. The van der Waals surface area contributed by atoms with Crippen molar-refractivity contribution in [1.82, 2.24) is 0 Å². The summed E-state index contributed by atoms with van der Waals surface area (Å²) in [7, 11) is 0. The Bertz CT molecular complexity index is 460. The van der Waals surface area contributed by atoms with E-state index in [1.54, 1.807) is 0 Å². The SMILES string of the molecule is CCCCC[C@H](C)/C=C/C=C\C=C\C=C\[C@H]1O[C@@H]1CCCC(=O)O. The van der Waals surface area contributed by atoms with Crippen molar-refractivity contribution in [3.05, 3.63) is 48.6 Å². The monoisotopic (exact) mass is 332 g/mol. The van der Waals surface area contributed by atoms with E-state index in [2.05, 4.69) is 32.1 Å². The highest BCUT2D eigenvalue weighted by Gasteiger charge is 2.35. The molecule has 0 bridgehead atoms. The van der Waals surface area contributed by atoms with Gasteiger partial charge in [0.25, 0.3) is 0 Å². The van der Waals surface area contributed by atoms with Crippen molar-refractivity contribution in [2.45, 2.75) is 71.0 Å². The topological polar surface area (TPSA) is 49.8 Å². The van der Waals surface area contributed by atoms with Gasteiger partial charge in [0.1, 0.15) is 6.10 Å². The molecular weight excluding hydrogens is 300 g/mol. The van der Waals surface area contributed by atoms with Crippen LogP contribution in [0.5, 0.6) is 0 Å². The summed E-state index contributed by atoms with van der Waals surface area (Å²) in [6, 6.07) is 0. The fraction of sp³-hybridized carbons (Fsp3) is 0.571. The third kappa shape index (κ3) is 11.0. The Morgan fingerprint density at radius 1 is 1.08 bits per heavy atom. The second-order valence-electron chi connectivity index (χ2n) is 6.44. The minimum atomic E-state index is -0.734. The number of carboxylic acid groups (broad SMARTS) is 1. The van der Waals surface area contributed by atoms with Crippen LogP contribution >= 0.6 is 0 Å². The Labute approximate surface area is 146 Å². The summed E-state index contributed by atoms with van der Waals surface area (Å²) < 4.78 is 5.47. The molecule has 1 rings (SSSR count). The number of hydrogen-bond acceptors (Lipinski definition) is 2. The van der Waals surface area contributed by atoms with Gasteiger partial charge >= 0.3 is 5.97 Å². The van der Waals surface area contributed by atoms with E-state index in [0.29, 0.717) is 12.3 Å². The van der Waals surface area contributed by atoms with Crippen LogP contribution in [0.2, 0.25) is 0 Å². The summed E-state index contributed by atoms with van der Waals surface area (Å²) in [5.41, 5.74) is 0. The molecule has 1 heterocycles. The van der Waals surface area contributed by atoms with E-state index < -0.39 is 5.97 Å². The summed E-state index contributed by atoms with van der Waals surface area (Å²) in [5, 5.41) is 8.58. The summed E-state index contributed by atoms with van der Waals surface area (Å²) in [5.74, 6) is -0.0861. The predicted molar refractivity (Wildman–Crippen MR) is 100 cm³/mol. The standard InChI is InChI=1S/C21H32O3/c1-3-4-9-13-18(2)14-10-7-5-6-8-11-15-19-20(24-19)16-12-17-21(22)23/h5-8,10-11,14-15,18-20H,3-4,9,12-13,16-17H2,1-2H3,(H,22,23)/b7-5-,8-6+,14-10+,15-11+/t18-,19+,20+/m0/s1. The van der Waals surface area contributed by atoms with Crippen molar-refractivity contribution in [3.8, 4) is 0 Å². The van der Waals surface area contributed by atoms with Crippen LogP contribution in [0.3, 0.4) is 0 Å². The molecule has 3 atom stereocenters. The van der Waals surface area contributed by atoms with Gasteiger partial charge in [-0.1, -0.05) is 81.7 Å². The molecule has 0 aromatic rings. The molecule has 0 aliphatic carbocycles. The molecule has 134 valence electrons. The van der Waals surface area contributed by atoms with E-state index in [1.807, 2.05) is 30.4 Å². The van der Waals surface area contributed by atoms with Crippen LogP contribution in [0.4, 0.5) is 0 Å². The molecule has 1 fully saturated rings. The number of allylic oxidation sites excluding steroid dienone is 7. The summed E-state index contributed by atoms with van der Waals surface area (Å²) in [6.45, 7) is 4.50. The average Bonchev–Trinajstić information content (AvgIpc) is 3.28. The highest BCUT2D eigenvalue weighted by atomic mass is 16.6. The van der Waals surface area contributed by atoms with E-state index >= 15 is 0 Å². The van der Waals surface area contributed by atoms with Crippen molar-refractivity contribution in [3.63, 3.8) is 0 Å². The van der Waals surface area contributed by atoms with Gasteiger partial charge in [0.05, 0.1) is 6.10 Å². The normalized spacial score (nSPS) is 22.2. The van der Waals surface area contributed by atoms with Gasteiger partial charge in [0.2, 0.25) is 0 Å². The minimum Gasteiger partial charge on any atom is -0.481 e. The number of hydrogen-bond donors (Lipinski definition) is 1. The molecule has 1 aliphatic rings. The number of unbranched alkanes of at least 4 members (excludes halogenated alkanes) is 2. The Balaban J connectivity index is 2.07. The van der Waals surface area contributed by atoms with Crippen molar-refractivity contribution in [1.29, 1.82) is 0 Å². The Morgan fingerprint density at radius 3 is 2.50 bits per heavy atom. The zero-order valence-corrected chi connectivity index (χ0v) is 15.1. The van der Waals surface area contributed by atoms with Crippen molar-refractivity contribution >= 4 is 5.97 Å². The average molecular weight is 332 g/mol. The molecule has 0 amide bonds. The third-order valence-electron chi connectivity index (χ3n) is 4.06. The van der Waals surface area contributed by atoms with Gasteiger partial charge in [-0.25, -0.2) is 0 Å². The summed E-state index contributed by atoms with van der Waals surface area (Å²) in [6.07, 6.45) is 23.8. The van der Waals surface area contributed by atoms with E-state index in [0.717, 1.165) is 6.42 Å². The first-order valence-electron chi connectivity index (χ1n) is 9.19. The lowest BCUT2D eigenvalue weighted by molar-refractivity contribution is -0.137. The van der Waals surface area contributed by atoms with Gasteiger partial charge in [-0.3, -0.25) is 4.79 Å². The number of carbonyl (C=O) groups is 1. The smallest absolute Gasteiger partial charge is 0.303 e. The van der Waals surface area contributed by atoms with E-state index in [1.165, 1.54) is 25.7 Å². The highest BCUT2D eigenvalue weighted by molar-refractivity contribution is 5.66. The summed E-state index contributed by atoms with van der Waals surface area (Å²) >= 11 is 0. The maximum absolute atomic E-state index is 10.4. The zero-order valence-electron chi connectivity index (χ0n) is 15.1. The molecular formula is C21H32O3. The Hall–Kier alpha value is -1.61. The van der Waals surface area contributed by atoms with Crippen molar-refractivity contribution in [2.75, 3.05) is 0 Å². The fourth-order valence-corrected chi connectivity index (χ4v) is 2.51. The molecule has 0 spiro atoms. The van der Waals surface area contributed by atoms with Gasteiger partial charge in [0.15, 0.2) is 0 Å². The third-order valence-corrected chi connectivity index (χ3v) is 4.06.